The molecule has 0 spiro atoms. The van der Waals surface area contributed by atoms with Gasteiger partial charge in [-0.1, -0.05) is 5.16 Å². The molecule has 0 radical (unpaired) electrons. The van der Waals surface area contributed by atoms with Crippen LogP contribution >= 0.6 is 0 Å². The summed E-state index contributed by atoms with van der Waals surface area (Å²) in [6.45, 7) is 5.79. The average molecular weight is 284 g/mol. The minimum absolute atomic E-state index is 0.135. The first-order valence-electron chi connectivity index (χ1n) is 6.88. The summed E-state index contributed by atoms with van der Waals surface area (Å²) in [5, 5.41) is 11.8. The van der Waals surface area contributed by atoms with Gasteiger partial charge in [-0.3, -0.25) is 4.98 Å². The number of hydrogen-bond acceptors (Lipinski definition) is 4. The minimum atomic E-state index is 0.135. The number of aromatic nitrogens is 1. The molecule has 0 aliphatic carbocycles. The molecule has 0 saturated carbocycles. The van der Waals surface area contributed by atoms with Crippen molar-refractivity contribution in [3.05, 3.63) is 59.4 Å². The van der Waals surface area contributed by atoms with Crippen molar-refractivity contribution >= 4 is 11.5 Å². The fourth-order valence-electron chi connectivity index (χ4n) is 2.28. The van der Waals surface area contributed by atoms with Crippen LogP contribution in [0.1, 0.15) is 23.6 Å². The van der Waals surface area contributed by atoms with Gasteiger partial charge < -0.3 is 15.8 Å². The highest BCUT2D eigenvalue weighted by molar-refractivity contribution is 5.98. The van der Waals surface area contributed by atoms with Gasteiger partial charge in [0.05, 0.1) is 0 Å². The summed E-state index contributed by atoms with van der Waals surface area (Å²) in [4.78, 5) is 6.30. The van der Waals surface area contributed by atoms with Gasteiger partial charge in [-0.05, 0) is 55.3 Å². The molecule has 3 N–H and O–H groups in total. The number of amidine groups is 1. The maximum Gasteiger partial charge on any atom is 0.170 e. The Kier molecular flexibility index (Phi) is 4.77. The highest BCUT2D eigenvalue weighted by Gasteiger charge is 2.09. The Balaban J connectivity index is 2.25. The first kappa shape index (κ1) is 14.8. The van der Waals surface area contributed by atoms with E-state index in [2.05, 4.69) is 28.0 Å². The lowest BCUT2D eigenvalue weighted by Crippen LogP contribution is -2.22. The van der Waals surface area contributed by atoms with E-state index in [1.54, 1.807) is 12.4 Å². The monoisotopic (exact) mass is 284 g/mol. The summed E-state index contributed by atoms with van der Waals surface area (Å²) in [5.74, 6) is 0.135. The van der Waals surface area contributed by atoms with Gasteiger partial charge in [0, 0.05) is 36.7 Å². The largest absolute Gasteiger partial charge is 0.409 e. The predicted octanol–water partition coefficient (Wildman–Crippen LogP) is 2.51. The Morgan fingerprint density at radius 1 is 1.29 bits per heavy atom. The molecular formula is C16H20N4O. The maximum atomic E-state index is 8.78. The zero-order valence-electron chi connectivity index (χ0n) is 12.3. The number of nitrogens with zero attached hydrogens (tertiary/aromatic N) is 3. The van der Waals surface area contributed by atoms with Crippen molar-refractivity contribution in [2.24, 2.45) is 10.9 Å². The zero-order chi connectivity index (χ0) is 15.2. The Bertz CT molecular complexity index is 625. The Morgan fingerprint density at radius 2 is 2.00 bits per heavy atom. The van der Waals surface area contributed by atoms with Crippen LogP contribution in [0.2, 0.25) is 0 Å². The van der Waals surface area contributed by atoms with Crippen molar-refractivity contribution in [3.63, 3.8) is 0 Å². The van der Waals surface area contributed by atoms with E-state index in [1.165, 1.54) is 5.56 Å². The molecule has 1 aromatic heterocycles. The second-order valence-electron chi connectivity index (χ2n) is 4.85. The molecule has 0 saturated heterocycles. The van der Waals surface area contributed by atoms with Crippen LogP contribution in [0.5, 0.6) is 0 Å². The fraction of sp³-hybridized carbons (Fsp3) is 0.250. The van der Waals surface area contributed by atoms with Gasteiger partial charge >= 0.3 is 0 Å². The molecule has 0 unspecified atom stereocenters. The highest BCUT2D eigenvalue weighted by Crippen LogP contribution is 2.21. The van der Waals surface area contributed by atoms with Gasteiger partial charge in [0.25, 0.3) is 0 Å². The molecule has 0 atom stereocenters. The number of pyridine rings is 1. The van der Waals surface area contributed by atoms with Crippen LogP contribution in [-0.2, 0) is 6.54 Å². The van der Waals surface area contributed by atoms with Crippen LogP contribution in [0.3, 0.4) is 0 Å². The van der Waals surface area contributed by atoms with Crippen LogP contribution in [0.4, 0.5) is 5.69 Å². The van der Waals surface area contributed by atoms with Gasteiger partial charge in [0.1, 0.15) is 0 Å². The number of oxime groups is 1. The molecule has 21 heavy (non-hydrogen) atoms. The smallest absolute Gasteiger partial charge is 0.170 e. The molecular weight excluding hydrogens is 264 g/mol. The van der Waals surface area contributed by atoms with Crippen LogP contribution in [-0.4, -0.2) is 22.6 Å². The van der Waals surface area contributed by atoms with Crippen LogP contribution in [0, 0.1) is 6.92 Å². The molecule has 2 rings (SSSR count). The van der Waals surface area contributed by atoms with E-state index in [0.717, 1.165) is 29.9 Å². The van der Waals surface area contributed by atoms with Gasteiger partial charge in [-0.15, -0.1) is 0 Å². The Hall–Kier alpha value is -2.56. The number of benzene rings is 1. The van der Waals surface area contributed by atoms with Crippen LogP contribution in [0.15, 0.2) is 47.9 Å². The van der Waals surface area contributed by atoms with Gasteiger partial charge in [0.15, 0.2) is 5.84 Å². The highest BCUT2D eigenvalue weighted by atomic mass is 16.4. The quantitative estimate of drug-likeness (QED) is 0.383. The number of aryl methyl sites for hydroxylation is 1. The number of rotatable bonds is 5. The number of nitrogens with two attached hydrogens (primary N) is 1. The molecule has 0 fully saturated rings. The second kappa shape index (κ2) is 6.74. The van der Waals surface area contributed by atoms with Crippen molar-refractivity contribution in [3.8, 4) is 0 Å². The topological polar surface area (TPSA) is 74.7 Å². The van der Waals surface area contributed by atoms with Crippen molar-refractivity contribution in [1.82, 2.24) is 4.98 Å². The summed E-state index contributed by atoms with van der Waals surface area (Å²) in [5.41, 5.74) is 9.72. The third-order valence-corrected chi connectivity index (χ3v) is 3.46. The zero-order valence-corrected chi connectivity index (χ0v) is 12.3. The third-order valence-electron chi connectivity index (χ3n) is 3.46. The normalized spacial score (nSPS) is 11.4. The van der Waals surface area contributed by atoms with Crippen molar-refractivity contribution in [2.45, 2.75) is 20.4 Å². The van der Waals surface area contributed by atoms with E-state index in [-0.39, 0.29) is 5.84 Å². The molecule has 0 aliphatic heterocycles. The summed E-state index contributed by atoms with van der Waals surface area (Å²) >= 11 is 0. The second-order valence-corrected chi connectivity index (χ2v) is 4.85. The lowest BCUT2D eigenvalue weighted by molar-refractivity contribution is 0.318. The van der Waals surface area contributed by atoms with E-state index < -0.39 is 0 Å². The lowest BCUT2D eigenvalue weighted by atomic mass is 10.1. The Labute approximate surface area is 124 Å². The number of hydrogen-bond donors (Lipinski definition) is 2. The molecule has 1 heterocycles. The minimum Gasteiger partial charge on any atom is -0.409 e. The Morgan fingerprint density at radius 3 is 2.57 bits per heavy atom. The fourth-order valence-corrected chi connectivity index (χ4v) is 2.28. The van der Waals surface area contributed by atoms with Gasteiger partial charge in [0.2, 0.25) is 0 Å². The standard InChI is InChI=1S/C16H20N4O/c1-3-20(11-13-6-8-18-9-7-13)14-4-5-15(12(2)10-14)16(17)19-21/h4-10,21H,3,11H2,1-2H3,(H2,17,19). The molecule has 1 aromatic carbocycles. The van der Waals surface area contributed by atoms with E-state index >= 15 is 0 Å². The van der Waals surface area contributed by atoms with E-state index in [1.807, 2.05) is 31.2 Å². The van der Waals surface area contributed by atoms with Crippen molar-refractivity contribution in [2.75, 3.05) is 11.4 Å². The molecule has 2 aromatic rings. The number of anilines is 1. The SMILES string of the molecule is CCN(Cc1ccncc1)c1ccc(/C(N)=N/O)c(C)c1. The van der Waals surface area contributed by atoms with Crippen molar-refractivity contribution in [1.29, 1.82) is 0 Å². The summed E-state index contributed by atoms with van der Waals surface area (Å²) in [7, 11) is 0. The molecule has 5 nitrogen and oxygen atoms in total. The van der Waals surface area contributed by atoms with E-state index in [9.17, 15) is 0 Å². The van der Waals surface area contributed by atoms with Crippen LogP contribution in [0.25, 0.3) is 0 Å². The molecule has 5 heteroatoms. The molecule has 0 amide bonds. The summed E-state index contributed by atoms with van der Waals surface area (Å²) in [6.07, 6.45) is 3.60. The lowest BCUT2D eigenvalue weighted by Gasteiger charge is -2.24. The molecule has 0 bridgehead atoms. The molecule has 110 valence electrons. The summed E-state index contributed by atoms with van der Waals surface area (Å²) in [6, 6.07) is 9.96. The molecule has 0 aliphatic rings. The average Bonchev–Trinajstić information content (AvgIpc) is 2.52. The van der Waals surface area contributed by atoms with Gasteiger partial charge in [-0.2, -0.15) is 0 Å². The summed E-state index contributed by atoms with van der Waals surface area (Å²) < 4.78 is 0. The van der Waals surface area contributed by atoms with Crippen molar-refractivity contribution < 1.29 is 5.21 Å². The van der Waals surface area contributed by atoms with Crippen LogP contribution < -0.4 is 10.6 Å². The predicted molar refractivity (Wildman–Crippen MR) is 84.7 cm³/mol. The van der Waals surface area contributed by atoms with Gasteiger partial charge in [-0.25, -0.2) is 0 Å². The van der Waals surface area contributed by atoms with E-state index in [4.69, 9.17) is 10.9 Å². The van der Waals surface area contributed by atoms with E-state index in [0.29, 0.717) is 0 Å². The third kappa shape index (κ3) is 3.51. The maximum absolute atomic E-state index is 8.78. The first-order chi connectivity index (χ1) is 10.2. The first-order valence-corrected chi connectivity index (χ1v) is 6.88.